The molecule has 0 saturated heterocycles. The Morgan fingerprint density at radius 2 is 1.87 bits per heavy atom. The second-order valence-corrected chi connectivity index (χ2v) is 3.49. The molecule has 0 aliphatic rings. The molecule has 0 unspecified atom stereocenters. The highest BCUT2D eigenvalue weighted by atomic mass is 35.5. The zero-order valence-corrected chi connectivity index (χ0v) is 9.98. The van der Waals surface area contributed by atoms with Gasteiger partial charge in [0.15, 0.2) is 0 Å². The lowest BCUT2D eigenvalue weighted by Gasteiger charge is -1.96. The second-order valence-electron chi connectivity index (χ2n) is 2.30. The summed E-state index contributed by atoms with van der Waals surface area (Å²) in [4.78, 5) is 12.4. The van der Waals surface area contributed by atoms with E-state index in [9.17, 15) is 4.79 Å². The van der Waals surface area contributed by atoms with Gasteiger partial charge in [-0.25, -0.2) is 9.79 Å². The van der Waals surface area contributed by atoms with E-state index in [0.29, 0.717) is 28.2 Å². The van der Waals surface area contributed by atoms with Crippen molar-refractivity contribution in [1.29, 1.82) is 0 Å². The molecule has 0 bridgehead atoms. The lowest BCUT2D eigenvalue weighted by molar-refractivity contribution is 0.563. The average Bonchev–Trinajstić information content (AvgIpc) is 2.24. The lowest BCUT2D eigenvalue weighted by Crippen LogP contribution is -1.85. The number of alkyl halides is 1. The van der Waals surface area contributed by atoms with E-state index in [1.807, 2.05) is 0 Å². The smallest absolute Gasteiger partial charge is 0.234 e. The van der Waals surface area contributed by atoms with Gasteiger partial charge in [-0.1, -0.05) is 29.3 Å². The fourth-order valence-electron chi connectivity index (χ4n) is 0.599. The van der Waals surface area contributed by atoms with Gasteiger partial charge in [-0.05, 0) is 12.1 Å². The Bertz CT molecular complexity index is 331. The van der Waals surface area contributed by atoms with E-state index in [1.165, 1.54) is 6.08 Å². The van der Waals surface area contributed by atoms with Crippen LogP contribution in [0.2, 0.25) is 10.0 Å². The van der Waals surface area contributed by atoms with E-state index in [1.54, 1.807) is 18.2 Å². The van der Waals surface area contributed by atoms with Gasteiger partial charge in [0.1, 0.15) is 0 Å². The van der Waals surface area contributed by atoms with Crippen LogP contribution in [0, 0.1) is 0 Å². The Labute approximate surface area is 103 Å². The van der Waals surface area contributed by atoms with Gasteiger partial charge in [0.25, 0.3) is 0 Å². The third-order valence-corrected chi connectivity index (χ3v) is 2.09. The zero-order valence-electron chi connectivity index (χ0n) is 7.71. The van der Waals surface area contributed by atoms with Crippen molar-refractivity contribution in [3.63, 3.8) is 0 Å². The maximum atomic E-state index is 9.21. The molecule has 0 fully saturated rings. The second kappa shape index (κ2) is 8.57. The Kier molecular flexibility index (Phi) is 8.15. The minimum atomic E-state index is 0.380. The van der Waals surface area contributed by atoms with Crippen molar-refractivity contribution in [1.82, 2.24) is 0 Å². The number of hydrogen-bond donors (Lipinski definition) is 1. The fourth-order valence-corrected chi connectivity index (χ4v) is 1.08. The highest BCUT2D eigenvalue weighted by Gasteiger charge is 1.97. The van der Waals surface area contributed by atoms with Crippen LogP contribution in [0.4, 0.5) is 5.69 Å². The number of para-hydroxylation sites is 1. The topological polar surface area (TPSA) is 55.5 Å². The van der Waals surface area contributed by atoms with Crippen LogP contribution in [0.1, 0.15) is 0 Å². The monoisotopic (exact) mass is 266 g/mol. The first-order valence-electron chi connectivity index (χ1n) is 3.92. The highest BCUT2D eigenvalue weighted by molar-refractivity contribution is 6.38. The van der Waals surface area contributed by atoms with E-state index in [4.69, 9.17) is 40.5 Å². The third-order valence-electron chi connectivity index (χ3n) is 1.26. The Morgan fingerprint density at radius 3 is 2.13 bits per heavy atom. The van der Waals surface area contributed by atoms with Crippen molar-refractivity contribution in [2.45, 2.75) is 0 Å². The summed E-state index contributed by atoms with van der Waals surface area (Å²) in [5.74, 6) is 0.398. The van der Waals surface area contributed by atoms with Gasteiger partial charge in [-0.15, -0.1) is 11.6 Å². The molecule has 3 nitrogen and oxygen atoms in total. The molecular weight excluding hydrogens is 258 g/mol. The number of nitrogens with two attached hydrogens (primary N) is 1. The molecule has 0 aromatic heterocycles. The molecule has 0 saturated carbocycles. The SMILES string of the molecule is Nc1c(Cl)cccc1Cl.O=C=NCCCl. The van der Waals surface area contributed by atoms with Crippen LogP contribution in [0.5, 0.6) is 0 Å². The summed E-state index contributed by atoms with van der Waals surface area (Å²) in [5, 5.41) is 1.00. The van der Waals surface area contributed by atoms with E-state index >= 15 is 0 Å². The number of nitrogens with zero attached hydrogens (tertiary/aromatic N) is 1. The highest BCUT2D eigenvalue weighted by Crippen LogP contribution is 2.25. The predicted molar refractivity (Wildman–Crippen MR) is 64.6 cm³/mol. The number of halogens is 3. The minimum absolute atomic E-state index is 0.380. The first kappa shape index (κ1) is 14.3. The predicted octanol–water partition coefficient (Wildman–Crippen LogP) is 3.14. The van der Waals surface area contributed by atoms with Crippen LogP contribution in [-0.2, 0) is 4.79 Å². The molecule has 15 heavy (non-hydrogen) atoms. The number of rotatable bonds is 2. The maximum Gasteiger partial charge on any atom is 0.234 e. The molecule has 0 heterocycles. The standard InChI is InChI=1S/C6H5Cl2N.C3H4ClNO/c7-4-2-1-3-5(8)6(4)9;4-1-2-5-3-6/h1-3H,9H2;1-2H2. The quantitative estimate of drug-likeness (QED) is 0.387. The molecular formula is C9H9Cl3N2O. The Hall–Kier alpha value is -0.730. The number of carbonyl (C=O) groups excluding carboxylic acids is 1. The van der Waals surface area contributed by atoms with Crippen molar-refractivity contribution in [2.24, 2.45) is 4.99 Å². The van der Waals surface area contributed by atoms with Crippen LogP contribution in [-0.4, -0.2) is 18.5 Å². The van der Waals surface area contributed by atoms with Gasteiger partial charge < -0.3 is 5.73 Å². The van der Waals surface area contributed by atoms with E-state index in [2.05, 4.69) is 4.99 Å². The van der Waals surface area contributed by atoms with Gasteiger partial charge >= 0.3 is 0 Å². The van der Waals surface area contributed by atoms with Crippen molar-refractivity contribution in [2.75, 3.05) is 18.2 Å². The normalized spacial score (nSPS) is 8.47. The Morgan fingerprint density at radius 1 is 1.33 bits per heavy atom. The number of benzene rings is 1. The summed E-state index contributed by atoms with van der Waals surface area (Å²) in [6.07, 6.45) is 1.36. The lowest BCUT2D eigenvalue weighted by atomic mass is 10.3. The molecule has 0 amide bonds. The van der Waals surface area contributed by atoms with Crippen molar-refractivity contribution < 1.29 is 4.79 Å². The molecule has 0 atom stereocenters. The first-order chi connectivity index (χ1) is 7.13. The molecule has 1 rings (SSSR count). The number of hydrogen-bond acceptors (Lipinski definition) is 3. The van der Waals surface area contributed by atoms with Crippen LogP contribution >= 0.6 is 34.8 Å². The minimum Gasteiger partial charge on any atom is -0.396 e. The van der Waals surface area contributed by atoms with E-state index in [0.717, 1.165) is 0 Å². The summed E-state index contributed by atoms with van der Waals surface area (Å²) in [5.41, 5.74) is 5.86. The first-order valence-corrected chi connectivity index (χ1v) is 5.21. The number of nitrogen functional groups attached to an aromatic ring is 1. The van der Waals surface area contributed by atoms with Gasteiger partial charge in [-0.2, -0.15) is 0 Å². The molecule has 0 radical (unpaired) electrons. The molecule has 0 spiro atoms. The largest absolute Gasteiger partial charge is 0.396 e. The van der Waals surface area contributed by atoms with Crippen LogP contribution in [0.3, 0.4) is 0 Å². The van der Waals surface area contributed by atoms with Crippen molar-refractivity contribution in [3.05, 3.63) is 28.2 Å². The van der Waals surface area contributed by atoms with Crippen molar-refractivity contribution in [3.8, 4) is 0 Å². The summed E-state index contributed by atoms with van der Waals surface area (Å²) in [6, 6.07) is 5.15. The summed E-state index contributed by atoms with van der Waals surface area (Å²) >= 11 is 16.3. The van der Waals surface area contributed by atoms with Crippen molar-refractivity contribution >= 4 is 46.6 Å². The van der Waals surface area contributed by atoms with E-state index < -0.39 is 0 Å². The molecule has 6 heteroatoms. The maximum absolute atomic E-state index is 9.21. The molecule has 1 aromatic rings. The molecule has 1 aromatic carbocycles. The van der Waals surface area contributed by atoms with Crippen LogP contribution in [0.15, 0.2) is 23.2 Å². The summed E-state index contributed by atoms with van der Waals surface area (Å²) in [7, 11) is 0. The van der Waals surface area contributed by atoms with Crippen LogP contribution < -0.4 is 5.73 Å². The third kappa shape index (κ3) is 6.37. The molecule has 82 valence electrons. The fraction of sp³-hybridized carbons (Fsp3) is 0.222. The molecule has 0 aliphatic heterocycles. The Balaban J connectivity index is 0.000000288. The van der Waals surface area contributed by atoms with E-state index in [-0.39, 0.29) is 0 Å². The summed E-state index contributed by atoms with van der Waals surface area (Å²) < 4.78 is 0. The summed E-state index contributed by atoms with van der Waals surface area (Å²) in [6.45, 7) is 0.380. The van der Waals surface area contributed by atoms with Gasteiger partial charge in [0, 0.05) is 5.88 Å². The number of aliphatic imine (C=N–C) groups is 1. The molecule has 2 N–H and O–H groups in total. The van der Waals surface area contributed by atoms with Gasteiger partial charge in [0.2, 0.25) is 6.08 Å². The van der Waals surface area contributed by atoms with Crippen LogP contribution in [0.25, 0.3) is 0 Å². The zero-order chi connectivity index (χ0) is 11.7. The average molecular weight is 268 g/mol. The number of isocyanates is 1. The number of anilines is 1. The van der Waals surface area contributed by atoms with Gasteiger partial charge in [-0.3, -0.25) is 0 Å². The van der Waals surface area contributed by atoms with Gasteiger partial charge in [0.05, 0.1) is 22.3 Å². The molecule has 0 aliphatic carbocycles.